The second-order valence-corrected chi connectivity index (χ2v) is 5.50. The third-order valence-corrected chi connectivity index (χ3v) is 4.29. The summed E-state index contributed by atoms with van der Waals surface area (Å²) in [5.41, 5.74) is 0.867. The second kappa shape index (κ2) is 6.79. The molecule has 21 heavy (non-hydrogen) atoms. The zero-order valence-corrected chi connectivity index (χ0v) is 12.9. The Morgan fingerprint density at radius 2 is 2.24 bits per heavy atom. The van der Waals surface area contributed by atoms with Crippen LogP contribution >= 0.6 is 0 Å². The van der Waals surface area contributed by atoms with Crippen LogP contribution in [0.15, 0.2) is 18.2 Å². The number of hydrogen-bond donors (Lipinski definition) is 1. The van der Waals surface area contributed by atoms with Crippen LogP contribution in [0.3, 0.4) is 0 Å². The minimum atomic E-state index is -0.303. The predicted octanol–water partition coefficient (Wildman–Crippen LogP) is 1.99. The number of piperazine rings is 1. The molecule has 1 aromatic rings. The number of hydrogen-bond acceptors (Lipinski definition) is 5. The molecule has 2 atom stereocenters. The van der Waals surface area contributed by atoms with Crippen molar-refractivity contribution >= 4 is 0 Å². The summed E-state index contributed by atoms with van der Waals surface area (Å²) in [6.45, 7) is 4.89. The molecule has 5 heteroatoms. The zero-order chi connectivity index (χ0) is 15.4. The molecule has 0 spiro atoms. The van der Waals surface area contributed by atoms with E-state index in [0.29, 0.717) is 11.8 Å². The van der Waals surface area contributed by atoms with Gasteiger partial charge in [-0.25, -0.2) is 0 Å². The van der Waals surface area contributed by atoms with Gasteiger partial charge in [-0.1, -0.05) is 13.0 Å². The Morgan fingerprint density at radius 3 is 2.86 bits per heavy atom. The lowest BCUT2D eigenvalue weighted by molar-refractivity contribution is 0.0773. The van der Waals surface area contributed by atoms with Crippen LogP contribution in [0.1, 0.15) is 24.9 Å². The third kappa shape index (κ3) is 3.29. The number of nitrogens with zero attached hydrogens (tertiary/aromatic N) is 3. The van der Waals surface area contributed by atoms with Gasteiger partial charge >= 0.3 is 0 Å². The molecule has 1 aliphatic heterocycles. The average Bonchev–Trinajstić information content (AvgIpc) is 2.51. The Hall–Kier alpha value is -1.77. The highest BCUT2D eigenvalue weighted by molar-refractivity contribution is 5.43. The number of phenols is 1. The zero-order valence-electron chi connectivity index (χ0n) is 12.9. The molecule has 1 saturated heterocycles. The fraction of sp³-hybridized carbons (Fsp3) is 0.562. The summed E-state index contributed by atoms with van der Waals surface area (Å²) >= 11 is 0. The molecule has 1 aliphatic rings. The van der Waals surface area contributed by atoms with Crippen molar-refractivity contribution in [2.24, 2.45) is 0 Å². The summed E-state index contributed by atoms with van der Waals surface area (Å²) < 4.78 is 5.14. The van der Waals surface area contributed by atoms with Crippen molar-refractivity contribution in [1.82, 2.24) is 9.80 Å². The van der Waals surface area contributed by atoms with Gasteiger partial charge in [0.2, 0.25) is 0 Å². The summed E-state index contributed by atoms with van der Waals surface area (Å²) in [6, 6.07) is 7.70. The van der Waals surface area contributed by atoms with E-state index in [4.69, 9.17) is 4.74 Å². The van der Waals surface area contributed by atoms with Crippen molar-refractivity contribution in [1.29, 1.82) is 5.26 Å². The number of aromatic hydroxyl groups is 1. The Balaban J connectivity index is 2.22. The first kappa shape index (κ1) is 15.6. The highest BCUT2D eigenvalue weighted by Crippen LogP contribution is 2.31. The minimum absolute atomic E-state index is 0.0998. The maximum Gasteiger partial charge on any atom is 0.160 e. The first-order valence-corrected chi connectivity index (χ1v) is 7.31. The van der Waals surface area contributed by atoms with E-state index in [1.54, 1.807) is 18.2 Å². The van der Waals surface area contributed by atoms with Crippen molar-refractivity contribution in [2.45, 2.75) is 25.4 Å². The van der Waals surface area contributed by atoms with Crippen LogP contribution in [-0.2, 0) is 0 Å². The summed E-state index contributed by atoms with van der Waals surface area (Å²) in [5, 5.41) is 19.3. The van der Waals surface area contributed by atoms with Crippen molar-refractivity contribution in [2.75, 3.05) is 33.8 Å². The molecular weight excluding hydrogens is 266 g/mol. The molecule has 0 saturated carbocycles. The number of nitriles is 1. The van der Waals surface area contributed by atoms with Gasteiger partial charge in [-0.3, -0.25) is 4.90 Å². The average molecular weight is 289 g/mol. The normalized spacial score (nSPS) is 21.7. The topological polar surface area (TPSA) is 59.7 Å². The Labute approximate surface area is 126 Å². The maximum absolute atomic E-state index is 9.69. The van der Waals surface area contributed by atoms with Gasteiger partial charge in [0, 0.05) is 25.7 Å². The largest absolute Gasteiger partial charge is 0.504 e. The van der Waals surface area contributed by atoms with E-state index < -0.39 is 0 Å². The van der Waals surface area contributed by atoms with E-state index >= 15 is 0 Å². The molecule has 1 fully saturated rings. The summed E-state index contributed by atoms with van der Waals surface area (Å²) in [7, 11) is 3.65. The predicted molar refractivity (Wildman–Crippen MR) is 81.3 cm³/mol. The molecule has 0 amide bonds. The van der Waals surface area contributed by atoms with E-state index in [9.17, 15) is 10.4 Å². The number of rotatable bonds is 4. The lowest BCUT2D eigenvalue weighted by Crippen LogP contribution is -2.51. The molecule has 1 aromatic carbocycles. The molecule has 1 heterocycles. The van der Waals surface area contributed by atoms with E-state index in [2.05, 4.69) is 29.8 Å². The molecule has 0 radical (unpaired) electrons. The smallest absolute Gasteiger partial charge is 0.160 e. The molecule has 0 aromatic heterocycles. The molecule has 5 nitrogen and oxygen atoms in total. The van der Waals surface area contributed by atoms with E-state index in [-0.39, 0.29) is 11.8 Å². The molecule has 1 N–H and O–H groups in total. The van der Waals surface area contributed by atoms with E-state index in [1.807, 2.05) is 0 Å². The van der Waals surface area contributed by atoms with E-state index in [1.165, 1.54) is 7.11 Å². The lowest BCUT2D eigenvalue weighted by atomic mass is 10.0. The lowest BCUT2D eigenvalue weighted by Gasteiger charge is -2.41. The van der Waals surface area contributed by atoms with Gasteiger partial charge in [0.05, 0.1) is 13.2 Å². The molecule has 2 rings (SSSR count). The molecule has 114 valence electrons. The van der Waals surface area contributed by atoms with Crippen LogP contribution in [0.25, 0.3) is 0 Å². The summed E-state index contributed by atoms with van der Waals surface area (Å²) in [5.74, 6) is 0.511. The summed E-state index contributed by atoms with van der Waals surface area (Å²) in [6.07, 6.45) is 1.07. The Bertz CT molecular complexity index is 527. The highest BCUT2D eigenvalue weighted by Gasteiger charge is 2.29. The first-order valence-electron chi connectivity index (χ1n) is 7.31. The van der Waals surface area contributed by atoms with Crippen LogP contribution < -0.4 is 4.74 Å². The minimum Gasteiger partial charge on any atom is -0.504 e. The van der Waals surface area contributed by atoms with Crippen LogP contribution in [0.5, 0.6) is 11.5 Å². The van der Waals surface area contributed by atoms with Gasteiger partial charge < -0.3 is 14.7 Å². The number of phenolic OH excluding ortho intramolecular Hbond substituents is 1. The van der Waals surface area contributed by atoms with Gasteiger partial charge in [-0.05, 0) is 31.2 Å². The molecule has 0 bridgehead atoms. The number of likely N-dealkylation sites (N-methyl/N-ethyl adjacent to an activating group) is 1. The van der Waals surface area contributed by atoms with Gasteiger partial charge in [0.25, 0.3) is 0 Å². The van der Waals surface area contributed by atoms with Crippen molar-refractivity contribution in [3.63, 3.8) is 0 Å². The fourth-order valence-electron chi connectivity index (χ4n) is 2.88. The quantitative estimate of drug-likeness (QED) is 0.918. The van der Waals surface area contributed by atoms with Crippen molar-refractivity contribution in [3.8, 4) is 17.6 Å². The maximum atomic E-state index is 9.69. The van der Waals surface area contributed by atoms with Gasteiger partial charge in [0.1, 0.15) is 6.04 Å². The highest BCUT2D eigenvalue weighted by atomic mass is 16.5. The third-order valence-electron chi connectivity index (χ3n) is 4.29. The van der Waals surface area contributed by atoms with Gasteiger partial charge in [0.15, 0.2) is 11.5 Å². The Kier molecular flexibility index (Phi) is 5.05. The Morgan fingerprint density at radius 1 is 1.48 bits per heavy atom. The standard InChI is InChI=1S/C16H23N3O2/c1-4-13-11-19(8-7-18(13)2)14(10-17)12-5-6-15(20)16(9-12)21-3/h5-6,9,13-14,20H,4,7-8,11H2,1-3H3. The SMILES string of the molecule is CCC1CN(C(C#N)c2ccc(O)c(OC)c2)CCN1C. The molecule has 2 unspecified atom stereocenters. The number of benzene rings is 1. The van der Waals surface area contributed by atoms with Crippen molar-refractivity contribution in [3.05, 3.63) is 23.8 Å². The van der Waals surface area contributed by atoms with Crippen LogP contribution in [0, 0.1) is 11.3 Å². The van der Waals surface area contributed by atoms with E-state index in [0.717, 1.165) is 31.6 Å². The fourth-order valence-corrected chi connectivity index (χ4v) is 2.88. The first-order chi connectivity index (χ1) is 10.1. The summed E-state index contributed by atoms with van der Waals surface area (Å²) in [4.78, 5) is 4.56. The number of methoxy groups -OCH3 is 1. The van der Waals surface area contributed by atoms with Crippen LogP contribution in [-0.4, -0.2) is 54.7 Å². The van der Waals surface area contributed by atoms with Crippen LogP contribution in [0.2, 0.25) is 0 Å². The second-order valence-electron chi connectivity index (χ2n) is 5.50. The molecule has 0 aliphatic carbocycles. The molecular formula is C16H23N3O2. The van der Waals surface area contributed by atoms with Crippen LogP contribution in [0.4, 0.5) is 0 Å². The van der Waals surface area contributed by atoms with Gasteiger partial charge in [-0.2, -0.15) is 5.26 Å². The van der Waals surface area contributed by atoms with Gasteiger partial charge in [-0.15, -0.1) is 0 Å². The number of ether oxygens (including phenoxy) is 1. The van der Waals surface area contributed by atoms with Crippen molar-refractivity contribution < 1.29 is 9.84 Å². The monoisotopic (exact) mass is 289 g/mol.